The van der Waals surface area contributed by atoms with E-state index in [1.54, 1.807) is 4.31 Å². The number of hydrogen-bond donors (Lipinski definition) is 0. The molecule has 0 N–H and O–H groups in total. The third-order valence-corrected chi connectivity index (χ3v) is 3.10. The first-order valence-electron chi connectivity index (χ1n) is 4.87. The molecule has 2 nitrogen and oxygen atoms in total. The van der Waals surface area contributed by atoms with Crippen molar-refractivity contribution in [3.8, 4) is 0 Å². The molecule has 1 rings (SSSR count). The molecule has 1 aromatic carbocycles. The Bertz CT molecular complexity index is 305. The molecule has 0 heterocycles. The van der Waals surface area contributed by atoms with Gasteiger partial charge in [0.1, 0.15) is 5.88 Å². The molecule has 0 spiro atoms. The van der Waals surface area contributed by atoms with Gasteiger partial charge in [0.25, 0.3) is 0 Å². The van der Waals surface area contributed by atoms with E-state index in [9.17, 15) is 4.79 Å². The smallest absolute Gasteiger partial charge is 0.247 e. The maximum absolute atomic E-state index is 11.5. The van der Waals surface area contributed by atoms with Crippen molar-refractivity contribution in [2.75, 3.05) is 12.4 Å². The van der Waals surface area contributed by atoms with Crippen LogP contribution >= 0.6 is 23.5 Å². The van der Waals surface area contributed by atoms with Crippen LogP contribution in [0.4, 0.5) is 0 Å². The molecule has 0 bridgehead atoms. The summed E-state index contributed by atoms with van der Waals surface area (Å²) in [6.45, 7) is 2.77. The molecule has 1 amide bonds. The average molecular weight is 244 g/mol. The second kappa shape index (κ2) is 6.75. The summed E-state index contributed by atoms with van der Waals surface area (Å²) < 4.78 is 1.71. The predicted molar refractivity (Wildman–Crippen MR) is 65.0 cm³/mol. The van der Waals surface area contributed by atoms with Gasteiger partial charge in [-0.1, -0.05) is 25.1 Å². The van der Waals surface area contributed by atoms with Gasteiger partial charge in [-0.2, -0.15) is 0 Å². The summed E-state index contributed by atoms with van der Waals surface area (Å²) >= 11 is 6.99. The van der Waals surface area contributed by atoms with Crippen LogP contribution < -0.4 is 0 Å². The lowest BCUT2D eigenvalue weighted by Gasteiger charge is -2.19. The zero-order valence-corrected chi connectivity index (χ0v) is 10.2. The Kier molecular flexibility index (Phi) is 5.58. The van der Waals surface area contributed by atoms with Crippen molar-refractivity contribution in [3.05, 3.63) is 30.3 Å². The minimum atomic E-state index is -0.0348. The van der Waals surface area contributed by atoms with Crippen molar-refractivity contribution < 1.29 is 4.79 Å². The number of alkyl halides is 1. The standard InChI is InChI=1S/C11H14ClNOS/c1-2-8-13(11(14)9-12)15-10-6-4-3-5-7-10/h3-7H,2,8-9H2,1H3. The second-order valence-corrected chi connectivity index (χ2v) is 4.40. The van der Waals surface area contributed by atoms with Crippen LogP contribution in [0.15, 0.2) is 35.2 Å². The molecule has 0 atom stereocenters. The summed E-state index contributed by atoms with van der Waals surface area (Å²) in [5, 5.41) is 0. The molecule has 1 aromatic rings. The van der Waals surface area contributed by atoms with Gasteiger partial charge in [0.2, 0.25) is 5.91 Å². The largest absolute Gasteiger partial charge is 0.281 e. The fourth-order valence-electron chi connectivity index (χ4n) is 1.10. The van der Waals surface area contributed by atoms with Gasteiger partial charge in [0.15, 0.2) is 0 Å². The Balaban J connectivity index is 2.62. The first kappa shape index (κ1) is 12.4. The summed E-state index contributed by atoms with van der Waals surface area (Å²) in [7, 11) is 0. The minimum Gasteiger partial charge on any atom is -0.281 e. The first-order valence-corrected chi connectivity index (χ1v) is 6.18. The van der Waals surface area contributed by atoms with Gasteiger partial charge in [-0.3, -0.25) is 9.10 Å². The van der Waals surface area contributed by atoms with Crippen LogP contribution in [0.1, 0.15) is 13.3 Å². The van der Waals surface area contributed by atoms with Gasteiger partial charge in [0.05, 0.1) is 0 Å². The molecule has 0 unspecified atom stereocenters. The lowest BCUT2D eigenvalue weighted by atomic mass is 10.4. The van der Waals surface area contributed by atoms with Crippen molar-refractivity contribution in [2.24, 2.45) is 0 Å². The van der Waals surface area contributed by atoms with Crippen LogP contribution in [0, 0.1) is 0 Å². The van der Waals surface area contributed by atoms with Crippen LogP contribution in [-0.2, 0) is 4.79 Å². The van der Waals surface area contributed by atoms with Crippen LogP contribution in [0.5, 0.6) is 0 Å². The lowest BCUT2D eigenvalue weighted by Crippen LogP contribution is -2.25. The molecule has 0 saturated carbocycles. The van der Waals surface area contributed by atoms with Gasteiger partial charge in [0, 0.05) is 11.4 Å². The lowest BCUT2D eigenvalue weighted by molar-refractivity contribution is -0.123. The Morgan fingerprint density at radius 1 is 1.40 bits per heavy atom. The maximum atomic E-state index is 11.5. The fourth-order valence-corrected chi connectivity index (χ4v) is 2.29. The number of carbonyl (C=O) groups is 1. The molecule has 0 aromatic heterocycles. The van der Waals surface area contributed by atoms with Gasteiger partial charge in [-0.05, 0) is 30.5 Å². The zero-order valence-electron chi connectivity index (χ0n) is 8.65. The molecular weight excluding hydrogens is 230 g/mol. The van der Waals surface area contributed by atoms with Crippen molar-refractivity contribution in [1.82, 2.24) is 4.31 Å². The molecular formula is C11H14ClNOS. The number of hydrogen-bond acceptors (Lipinski definition) is 2. The SMILES string of the molecule is CCCN(Sc1ccccc1)C(=O)CCl. The van der Waals surface area contributed by atoms with Gasteiger partial charge in [-0.25, -0.2) is 0 Å². The van der Waals surface area contributed by atoms with Gasteiger partial charge < -0.3 is 0 Å². The number of carbonyl (C=O) groups excluding carboxylic acids is 1. The maximum Gasteiger partial charge on any atom is 0.247 e. The van der Waals surface area contributed by atoms with Gasteiger partial charge >= 0.3 is 0 Å². The summed E-state index contributed by atoms with van der Waals surface area (Å²) in [6.07, 6.45) is 0.933. The first-order chi connectivity index (χ1) is 7.27. The highest BCUT2D eigenvalue weighted by atomic mass is 35.5. The Morgan fingerprint density at radius 3 is 2.60 bits per heavy atom. The van der Waals surface area contributed by atoms with E-state index >= 15 is 0 Å². The number of rotatable bonds is 5. The van der Waals surface area contributed by atoms with E-state index in [0.717, 1.165) is 17.9 Å². The van der Waals surface area contributed by atoms with E-state index in [0.29, 0.717) is 0 Å². The van der Waals surface area contributed by atoms with Gasteiger partial charge in [-0.15, -0.1) is 11.6 Å². The van der Waals surface area contributed by atoms with E-state index in [4.69, 9.17) is 11.6 Å². The molecule has 0 saturated heterocycles. The van der Waals surface area contributed by atoms with Crippen molar-refractivity contribution >= 4 is 29.5 Å². The monoisotopic (exact) mass is 243 g/mol. The van der Waals surface area contributed by atoms with Crippen LogP contribution in [-0.4, -0.2) is 22.6 Å². The van der Waals surface area contributed by atoms with Crippen LogP contribution in [0.25, 0.3) is 0 Å². The molecule has 0 aliphatic carbocycles. The van der Waals surface area contributed by atoms with E-state index in [-0.39, 0.29) is 11.8 Å². The second-order valence-electron chi connectivity index (χ2n) is 3.03. The van der Waals surface area contributed by atoms with E-state index in [1.807, 2.05) is 37.3 Å². The third kappa shape index (κ3) is 4.14. The molecule has 15 heavy (non-hydrogen) atoms. The van der Waals surface area contributed by atoms with Crippen LogP contribution in [0.3, 0.4) is 0 Å². The Hall–Kier alpha value is -0.670. The predicted octanol–water partition coefficient (Wildman–Crippen LogP) is 3.17. The quantitative estimate of drug-likeness (QED) is 0.585. The topological polar surface area (TPSA) is 20.3 Å². The minimum absolute atomic E-state index is 0.0348. The number of halogens is 1. The molecule has 0 radical (unpaired) electrons. The average Bonchev–Trinajstić information content (AvgIpc) is 2.29. The normalized spacial score (nSPS) is 10.0. The Morgan fingerprint density at radius 2 is 2.07 bits per heavy atom. The molecule has 4 heteroatoms. The number of benzene rings is 1. The fraction of sp³-hybridized carbons (Fsp3) is 0.364. The summed E-state index contributed by atoms with van der Waals surface area (Å²) in [6, 6.07) is 9.83. The molecule has 0 aliphatic heterocycles. The highest BCUT2D eigenvalue weighted by Gasteiger charge is 2.12. The summed E-state index contributed by atoms with van der Waals surface area (Å²) in [5.41, 5.74) is 0. The summed E-state index contributed by atoms with van der Waals surface area (Å²) in [4.78, 5) is 12.5. The van der Waals surface area contributed by atoms with Crippen molar-refractivity contribution in [2.45, 2.75) is 18.2 Å². The third-order valence-electron chi connectivity index (χ3n) is 1.78. The van der Waals surface area contributed by atoms with Crippen molar-refractivity contribution in [3.63, 3.8) is 0 Å². The highest BCUT2D eigenvalue weighted by molar-refractivity contribution is 7.97. The van der Waals surface area contributed by atoms with E-state index < -0.39 is 0 Å². The molecule has 0 fully saturated rings. The Labute approximate surface area is 99.7 Å². The summed E-state index contributed by atoms with van der Waals surface area (Å²) in [5.74, 6) is 0.00666. The zero-order chi connectivity index (χ0) is 11.1. The number of nitrogens with zero attached hydrogens (tertiary/aromatic N) is 1. The number of amides is 1. The van der Waals surface area contributed by atoms with Crippen molar-refractivity contribution in [1.29, 1.82) is 0 Å². The molecule has 0 aliphatic rings. The van der Waals surface area contributed by atoms with E-state index in [2.05, 4.69) is 0 Å². The van der Waals surface area contributed by atoms with Crippen LogP contribution in [0.2, 0.25) is 0 Å². The van der Waals surface area contributed by atoms with E-state index in [1.165, 1.54) is 11.9 Å². The molecule has 82 valence electrons. The highest BCUT2D eigenvalue weighted by Crippen LogP contribution is 2.22.